The topological polar surface area (TPSA) is 127 Å². The SMILES string of the molecule is CCc1cc(Nc2nccn3c(-c4cn(CC(F)F)nc4C(F)F)cnc23)ccc1C(=O)N1CCN(C(=O)C2CC(N)C2)CC1. The first kappa shape index (κ1) is 30.5. The zero-order valence-electron chi connectivity index (χ0n) is 24.5. The Morgan fingerprint density at radius 3 is 2.47 bits per heavy atom. The number of carbonyl (C=O) groups excluding carboxylic acids is 2. The first-order chi connectivity index (χ1) is 21.6. The molecule has 2 fully saturated rings. The molecule has 1 aliphatic carbocycles. The number of alkyl halides is 4. The number of benzene rings is 1. The molecular formula is C30H33F4N9O2. The van der Waals surface area contributed by atoms with Gasteiger partial charge in [0.25, 0.3) is 18.8 Å². The normalized spacial score (nSPS) is 18.6. The van der Waals surface area contributed by atoms with Gasteiger partial charge in [0.05, 0.1) is 11.9 Å². The fourth-order valence-electron chi connectivity index (χ4n) is 5.97. The molecule has 45 heavy (non-hydrogen) atoms. The Bertz CT molecular complexity index is 1710. The Labute approximate surface area is 256 Å². The van der Waals surface area contributed by atoms with Gasteiger partial charge in [-0.2, -0.15) is 5.10 Å². The van der Waals surface area contributed by atoms with E-state index in [9.17, 15) is 27.2 Å². The lowest BCUT2D eigenvalue weighted by atomic mass is 9.80. The summed E-state index contributed by atoms with van der Waals surface area (Å²) in [5.74, 6) is 0.348. The van der Waals surface area contributed by atoms with Crippen molar-refractivity contribution in [1.29, 1.82) is 0 Å². The van der Waals surface area contributed by atoms with Crippen LogP contribution in [0.5, 0.6) is 0 Å². The number of aromatic nitrogens is 5. The van der Waals surface area contributed by atoms with E-state index in [4.69, 9.17) is 5.73 Å². The van der Waals surface area contributed by atoms with Crippen molar-refractivity contribution >= 4 is 29.0 Å². The van der Waals surface area contributed by atoms with E-state index in [1.165, 1.54) is 23.0 Å². The number of imidazole rings is 1. The number of aryl methyl sites for hydroxylation is 1. The van der Waals surface area contributed by atoms with E-state index in [0.29, 0.717) is 55.3 Å². The average molecular weight is 628 g/mol. The Morgan fingerprint density at radius 2 is 1.80 bits per heavy atom. The van der Waals surface area contributed by atoms with E-state index in [1.807, 2.05) is 17.9 Å². The Hall–Kier alpha value is -4.53. The molecule has 0 atom stereocenters. The third-order valence-corrected chi connectivity index (χ3v) is 8.41. The van der Waals surface area contributed by atoms with Crippen LogP contribution in [-0.2, 0) is 17.8 Å². The molecule has 15 heteroatoms. The predicted molar refractivity (Wildman–Crippen MR) is 157 cm³/mol. The number of hydrogen-bond acceptors (Lipinski definition) is 7. The number of piperazine rings is 1. The molecule has 6 rings (SSSR count). The third kappa shape index (κ3) is 6.08. The van der Waals surface area contributed by atoms with Gasteiger partial charge in [0.15, 0.2) is 11.5 Å². The highest BCUT2D eigenvalue weighted by Crippen LogP contribution is 2.33. The van der Waals surface area contributed by atoms with Crippen LogP contribution in [0.4, 0.5) is 29.1 Å². The second-order valence-electron chi connectivity index (χ2n) is 11.4. The molecule has 1 aliphatic heterocycles. The van der Waals surface area contributed by atoms with Crippen LogP contribution < -0.4 is 11.1 Å². The largest absolute Gasteiger partial charge is 0.339 e. The fraction of sp³-hybridized carbons (Fsp3) is 0.433. The van der Waals surface area contributed by atoms with Gasteiger partial charge in [-0.25, -0.2) is 27.5 Å². The lowest BCUT2D eigenvalue weighted by Crippen LogP contribution is -2.54. The maximum atomic E-state index is 13.8. The molecule has 3 aromatic heterocycles. The van der Waals surface area contributed by atoms with Gasteiger partial charge < -0.3 is 20.9 Å². The lowest BCUT2D eigenvalue weighted by Gasteiger charge is -2.40. The van der Waals surface area contributed by atoms with Gasteiger partial charge >= 0.3 is 0 Å². The van der Waals surface area contributed by atoms with Crippen molar-refractivity contribution in [3.05, 3.63) is 59.8 Å². The smallest absolute Gasteiger partial charge is 0.282 e. The summed E-state index contributed by atoms with van der Waals surface area (Å²) < 4.78 is 55.7. The zero-order chi connectivity index (χ0) is 31.8. The number of nitrogens with two attached hydrogens (primary N) is 1. The van der Waals surface area contributed by atoms with E-state index < -0.39 is 25.1 Å². The minimum atomic E-state index is -2.98. The van der Waals surface area contributed by atoms with Crippen LogP contribution in [0.3, 0.4) is 0 Å². The molecule has 1 saturated carbocycles. The number of nitrogens with one attached hydrogen (secondary N) is 1. The molecule has 0 unspecified atom stereocenters. The summed E-state index contributed by atoms with van der Waals surface area (Å²) in [6.07, 6.45) is 1.83. The van der Waals surface area contributed by atoms with Crippen LogP contribution >= 0.6 is 0 Å². The standard InChI is InChI=1S/C30H33F4N9O2/c1-2-17-13-20(3-4-21(17)30(45)41-9-7-40(8-10-41)29(44)18-11-19(35)12-18)38-27-28-37-14-23(43(28)6-5-36-27)22-15-42(16-24(31)32)39-25(22)26(33)34/h3-6,13-15,18-19,24,26H,2,7-12,16,35H2,1H3,(H,36,38). The Morgan fingerprint density at radius 1 is 1.07 bits per heavy atom. The van der Waals surface area contributed by atoms with E-state index >= 15 is 0 Å². The predicted octanol–water partition coefficient (Wildman–Crippen LogP) is 4.12. The van der Waals surface area contributed by atoms with Crippen LogP contribution in [-0.4, -0.2) is 84.4 Å². The number of amides is 2. The van der Waals surface area contributed by atoms with Crippen molar-refractivity contribution in [2.45, 2.75) is 51.6 Å². The van der Waals surface area contributed by atoms with Gasteiger partial charge in [0, 0.05) is 73.5 Å². The van der Waals surface area contributed by atoms with E-state index in [2.05, 4.69) is 20.4 Å². The summed E-state index contributed by atoms with van der Waals surface area (Å²) in [5.41, 5.74) is 7.81. The van der Waals surface area contributed by atoms with Crippen molar-refractivity contribution < 1.29 is 27.2 Å². The number of halogens is 4. The second-order valence-corrected chi connectivity index (χ2v) is 11.4. The van der Waals surface area contributed by atoms with E-state index in [-0.39, 0.29) is 35.0 Å². The van der Waals surface area contributed by atoms with Gasteiger partial charge in [0.2, 0.25) is 5.91 Å². The van der Waals surface area contributed by atoms with Crippen LogP contribution in [0, 0.1) is 5.92 Å². The average Bonchev–Trinajstić information content (AvgIpc) is 3.63. The fourth-order valence-corrected chi connectivity index (χ4v) is 5.97. The number of hydrogen-bond donors (Lipinski definition) is 2. The molecule has 1 aromatic carbocycles. The molecular weight excluding hydrogens is 594 g/mol. The molecule has 2 amide bonds. The molecule has 0 spiro atoms. The molecule has 238 valence electrons. The van der Waals surface area contributed by atoms with Crippen LogP contribution in [0.15, 0.2) is 43.0 Å². The molecule has 11 nitrogen and oxygen atoms in total. The van der Waals surface area contributed by atoms with Crippen LogP contribution in [0.2, 0.25) is 0 Å². The highest BCUT2D eigenvalue weighted by molar-refractivity contribution is 5.96. The summed E-state index contributed by atoms with van der Waals surface area (Å²) >= 11 is 0. The van der Waals surface area contributed by atoms with Gasteiger partial charge in [-0.15, -0.1) is 0 Å². The summed E-state index contributed by atoms with van der Waals surface area (Å²) in [5, 5.41) is 6.87. The molecule has 0 bridgehead atoms. The number of nitrogens with zero attached hydrogens (tertiary/aromatic N) is 7. The lowest BCUT2D eigenvalue weighted by molar-refractivity contribution is -0.140. The molecule has 0 radical (unpaired) electrons. The maximum absolute atomic E-state index is 13.8. The highest BCUT2D eigenvalue weighted by atomic mass is 19.3. The van der Waals surface area contributed by atoms with Crippen molar-refractivity contribution in [2.24, 2.45) is 11.7 Å². The zero-order valence-corrected chi connectivity index (χ0v) is 24.5. The van der Waals surface area contributed by atoms with Crippen molar-refractivity contribution in [1.82, 2.24) is 33.9 Å². The second kappa shape index (κ2) is 12.5. The van der Waals surface area contributed by atoms with Crippen LogP contribution in [0.1, 0.15) is 47.8 Å². The molecule has 4 heterocycles. The summed E-state index contributed by atoms with van der Waals surface area (Å²) in [4.78, 5) is 38.5. The van der Waals surface area contributed by atoms with Crippen molar-refractivity contribution in [3.63, 3.8) is 0 Å². The van der Waals surface area contributed by atoms with Gasteiger partial charge in [0.1, 0.15) is 12.2 Å². The minimum Gasteiger partial charge on any atom is -0.339 e. The first-order valence-electron chi connectivity index (χ1n) is 14.8. The third-order valence-electron chi connectivity index (χ3n) is 8.41. The number of rotatable bonds is 9. The molecule has 3 N–H and O–H groups in total. The summed E-state index contributed by atoms with van der Waals surface area (Å²) in [6.45, 7) is 3.03. The molecule has 4 aromatic rings. The molecule has 2 aliphatic rings. The highest BCUT2D eigenvalue weighted by Gasteiger charge is 2.36. The summed E-state index contributed by atoms with van der Waals surface area (Å²) in [6, 6.07) is 5.46. The maximum Gasteiger partial charge on any atom is 0.282 e. The number of fused-ring (bicyclic) bond motifs is 1. The first-order valence-corrected chi connectivity index (χ1v) is 14.8. The van der Waals surface area contributed by atoms with Crippen molar-refractivity contribution in [2.75, 3.05) is 31.5 Å². The van der Waals surface area contributed by atoms with E-state index in [0.717, 1.165) is 29.3 Å². The number of carbonyl (C=O) groups is 2. The van der Waals surface area contributed by atoms with Gasteiger partial charge in [-0.1, -0.05) is 6.92 Å². The number of anilines is 2. The van der Waals surface area contributed by atoms with Crippen molar-refractivity contribution in [3.8, 4) is 11.3 Å². The Kier molecular flexibility index (Phi) is 8.44. The quantitative estimate of drug-likeness (QED) is 0.268. The van der Waals surface area contributed by atoms with E-state index in [1.54, 1.807) is 17.0 Å². The summed E-state index contributed by atoms with van der Waals surface area (Å²) in [7, 11) is 0. The monoisotopic (exact) mass is 627 g/mol. The van der Waals surface area contributed by atoms with Gasteiger partial charge in [-0.05, 0) is 43.0 Å². The van der Waals surface area contributed by atoms with Gasteiger partial charge in [-0.3, -0.25) is 18.7 Å². The minimum absolute atomic E-state index is 0.00468. The molecule has 1 saturated heterocycles. The Balaban J connectivity index is 1.18. The van der Waals surface area contributed by atoms with Crippen LogP contribution in [0.25, 0.3) is 16.9 Å².